The third kappa shape index (κ3) is 5.57. The van der Waals surface area contributed by atoms with Gasteiger partial charge < -0.3 is 10.1 Å². The highest BCUT2D eigenvalue weighted by molar-refractivity contribution is 6.31. The summed E-state index contributed by atoms with van der Waals surface area (Å²) in [5.41, 5.74) is 2.14. The molecular weight excluding hydrogens is 440 g/mol. The summed E-state index contributed by atoms with van der Waals surface area (Å²) in [7, 11) is 0. The monoisotopic (exact) mass is 461 g/mol. The third-order valence-electron chi connectivity index (χ3n) is 5.48. The molecule has 1 aliphatic rings. The summed E-state index contributed by atoms with van der Waals surface area (Å²) in [6.07, 6.45) is 7.51. The summed E-state index contributed by atoms with van der Waals surface area (Å²) >= 11 is 11.6. The van der Waals surface area contributed by atoms with Crippen LogP contribution in [0.1, 0.15) is 31.7 Å². The molecule has 1 heterocycles. The van der Waals surface area contributed by atoms with Gasteiger partial charge in [0.05, 0.1) is 17.3 Å². The molecule has 1 aromatic heterocycles. The van der Waals surface area contributed by atoms with E-state index in [4.69, 9.17) is 27.9 Å². The van der Waals surface area contributed by atoms with Crippen molar-refractivity contribution in [2.45, 2.75) is 37.8 Å². The van der Waals surface area contributed by atoms with Crippen molar-refractivity contribution in [3.05, 3.63) is 70.7 Å². The number of ether oxygens (including phenoxy) is 1. The number of amides is 1. The molecule has 1 aliphatic carbocycles. The highest BCUT2D eigenvalue weighted by atomic mass is 35.5. The van der Waals surface area contributed by atoms with Crippen LogP contribution in [0.5, 0.6) is 5.75 Å². The van der Waals surface area contributed by atoms with Gasteiger partial charge >= 0.3 is 0 Å². The van der Waals surface area contributed by atoms with Crippen LogP contribution in [-0.4, -0.2) is 28.3 Å². The maximum Gasteiger partial charge on any atom is 0.258 e. The average Bonchev–Trinajstić information content (AvgIpc) is 3.26. The molecule has 8 heteroatoms. The van der Waals surface area contributed by atoms with Crippen molar-refractivity contribution in [2.75, 3.05) is 6.61 Å². The minimum absolute atomic E-state index is 0.0195. The summed E-state index contributed by atoms with van der Waals surface area (Å²) in [6, 6.07) is 12.2. The average molecular weight is 462 g/mol. The number of hydrogen-bond donors (Lipinski definition) is 1. The van der Waals surface area contributed by atoms with E-state index >= 15 is 0 Å². The molecule has 1 N–H and O–H groups in total. The molecular formula is C23H22Cl2FN3O2. The highest BCUT2D eigenvalue weighted by Crippen LogP contribution is 2.30. The molecule has 162 valence electrons. The minimum atomic E-state index is -0.573. The van der Waals surface area contributed by atoms with Crippen LogP contribution in [0, 0.1) is 5.82 Å². The normalized spacial score (nSPS) is 18.5. The Morgan fingerprint density at radius 2 is 1.84 bits per heavy atom. The first kappa shape index (κ1) is 21.7. The first-order valence-corrected chi connectivity index (χ1v) is 10.9. The minimum Gasteiger partial charge on any atom is -0.484 e. The van der Waals surface area contributed by atoms with Gasteiger partial charge in [-0.15, -0.1) is 0 Å². The zero-order valence-electron chi connectivity index (χ0n) is 16.7. The van der Waals surface area contributed by atoms with Gasteiger partial charge in [0.15, 0.2) is 6.61 Å². The van der Waals surface area contributed by atoms with Gasteiger partial charge in [-0.2, -0.15) is 5.10 Å². The van der Waals surface area contributed by atoms with Crippen LogP contribution in [-0.2, 0) is 4.79 Å². The summed E-state index contributed by atoms with van der Waals surface area (Å²) in [5.74, 6) is -0.519. The molecule has 0 saturated heterocycles. The first-order valence-electron chi connectivity index (χ1n) is 10.2. The Labute approximate surface area is 190 Å². The van der Waals surface area contributed by atoms with E-state index in [1.54, 1.807) is 0 Å². The molecule has 2 aromatic carbocycles. The SMILES string of the molecule is O=C(COc1ccc(Cl)c(F)c1)N[C@H]1CC[C@H](n2cc(-c3ccc(Cl)cc3)cn2)CC1. The summed E-state index contributed by atoms with van der Waals surface area (Å²) in [4.78, 5) is 12.2. The Morgan fingerprint density at radius 1 is 1.10 bits per heavy atom. The van der Waals surface area contributed by atoms with Crippen molar-refractivity contribution in [2.24, 2.45) is 0 Å². The quantitative estimate of drug-likeness (QED) is 0.513. The zero-order valence-corrected chi connectivity index (χ0v) is 18.2. The lowest BCUT2D eigenvalue weighted by molar-refractivity contribution is -0.124. The second-order valence-electron chi connectivity index (χ2n) is 7.65. The zero-order chi connectivity index (χ0) is 21.8. The lowest BCUT2D eigenvalue weighted by Crippen LogP contribution is -2.40. The highest BCUT2D eigenvalue weighted by Gasteiger charge is 2.24. The third-order valence-corrected chi connectivity index (χ3v) is 6.03. The fourth-order valence-corrected chi connectivity index (χ4v) is 4.04. The molecule has 0 radical (unpaired) electrons. The van der Waals surface area contributed by atoms with Crippen molar-refractivity contribution in [3.8, 4) is 16.9 Å². The predicted molar refractivity (Wildman–Crippen MR) is 119 cm³/mol. The van der Waals surface area contributed by atoms with Crippen molar-refractivity contribution < 1.29 is 13.9 Å². The lowest BCUT2D eigenvalue weighted by Gasteiger charge is -2.29. The molecule has 0 aliphatic heterocycles. The number of hydrogen-bond acceptors (Lipinski definition) is 3. The Morgan fingerprint density at radius 3 is 2.55 bits per heavy atom. The molecule has 1 fully saturated rings. The van der Waals surface area contributed by atoms with E-state index in [1.165, 1.54) is 18.2 Å². The van der Waals surface area contributed by atoms with Crippen LogP contribution < -0.4 is 10.1 Å². The van der Waals surface area contributed by atoms with Crippen LogP contribution >= 0.6 is 23.2 Å². The van der Waals surface area contributed by atoms with Crippen molar-refractivity contribution in [1.29, 1.82) is 0 Å². The van der Waals surface area contributed by atoms with Gasteiger partial charge in [-0.1, -0.05) is 35.3 Å². The molecule has 3 aromatic rings. The van der Waals surface area contributed by atoms with Gasteiger partial charge in [0.25, 0.3) is 5.91 Å². The van der Waals surface area contributed by atoms with Gasteiger partial charge in [-0.25, -0.2) is 4.39 Å². The van der Waals surface area contributed by atoms with Gasteiger partial charge in [0, 0.05) is 28.9 Å². The van der Waals surface area contributed by atoms with E-state index in [2.05, 4.69) is 16.6 Å². The molecule has 1 amide bonds. The van der Waals surface area contributed by atoms with E-state index in [0.29, 0.717) is 11.1 Å². The lowest BCUT2D eigenvalue weighted by atomic mass is 9.91. The Kier molecular flexibility index (Phi) is 6.78. The molecule has 0 spiro atoms. The topological polar surface area (TPSA) is 56.1 Å². The number of aromatic nitrogens is 2. The fraction of sp³-hybridized carbons (Fsp3) is 0.304. The number of nitrogens with one attached hydrogen (secondary N) is 1. The van der Waals surface area contributed by atoms with Gasteiger partial charge in [-0.05, 0) is 55.5 Å². The number of carbonyl (C=O) groups excluding carboxylic acids is 1. The van der Waals surface area contributed by atoms with Crippen molar-refractivity contribution in [1.82, 2.24) is 15.1 Å². The molecule has 1 saturated carbocycles. The Balaban J connectivity index is 1.24. The van der Waals surface area contributed by atoms with E-state index in [9.17, 15) is 9.18 Å². The van der Waals surface area contributed by atoms with E-state index < -0.39 is 5.82 Å². The molecule has 31 heavy (non-hydrogen) atoms. The number of rotatable bonds is 6. The second-order valence-corrected chi connectivity index (χ2v) is 8.50. The molecule has 0 unspecified atom stereocenters. The van der Waals surface area contributed by atoms with Crippen LogP contribution in [0.3, 0.4) is 0 Å². The van der Waals surface area contributed by atoms with E-state index in [-0.39, 0.29) is 29.3 Å². The van der Waals surface area contributed by atoms with Gasteiger partial charge in [0.2, 0.25) is 0 Å². The molecule has 0 atom stereocenters. The maximum absolute atomic E-state index is 13.4. The smallest absolute Gasteiger partial charge is 0.258 e. The molecule has 5 nitrogen and oxygen atoms in total. The van der Waals surface area contributed by atoms with Crippen molar-refractivity contribution >= 4 is 29.1 Å². The van der Waals surface area contributed by atoms with Gasteiger partial charge in [0.1, 0.15) is 11.6 Å². The Hall–Kier alpha value is -2.57. The predicted octanol–water partition coefficient (Wildman–Crippen LogP) is 5.67. The van der Waals surface area contributed by atoms with E-state index in [1.807, 2.05) is 35.1 Å². The van der Waals surface area contributed by atoms with Crippen LogP contribution in [0.4, 0.5) is 4.39 Å². The molecule has 4 rings (SSSR count). The largest absolute Gasteiger partial charge is 0.484 e. The number of nitrogens with zero attached hydrogens (tertiary/aromatic N) is 2. The number of benzene rings is 2. The summed E-state index contributed by atoms with van der Waals surface area (Å²) in [6.45, 7) is -0.162. The van der Waals surface area contributed by atoms with Gasteiger partial charge in [-0.3, -0.25) is 9.48 Å². The molecule has 0 bridgehead atoms. The standard InChI is InChI=1S/C23H22Cl2FN3O2/c24-17-3-1-15(2-4-17)16-12-27-29(13-16)19-7-5-18(6-8-19)28-23(30)14-31-20-9-10-21(25)22(26)11-20/h1-4,9-13,18-19H,5-8,14H2,(H,28,30)/t18-,19-. The summed E-state index contributed by atoms with van der Waals surface area (Å²) in [5, 5.41) is 8.26. The summed E-state index contributed by atoms with van der Waals surface area (Å²) < 4.78 is 20.8. The first-order chi connectivity index (χ1) is 15.0. The van der Waals surface area contributed by atoms with Crippen LogP contribution in [0.25, 0.3) is 11.1 Å². The second kappa shape index (κ2) is 9.71. The number of halogens is 3. The maximum atomic E-state index is 13.4. The van der Waals surface area contributed by atoms with Crippen LogP contribution in [0.2, 0.25) is 10.0 Å². The van der Waals surface area contributed by atoms with Crippen molar-refractivity contribution in [3.63, 3.8) is 0 Å². The van der Waals surface area contributed by atoms with Crippen LogP contribution in [0.15, 0.2) is 54.9 Å². The fourth-order valence-electron chi connectivity index (χ4n) is 3.80. The number of carbonyl (C=O) groups is 1. The Bertz CT molecular complexity index is 1050. The van der Waals surface area contributed by atoms with E-state index in [0.717, 1.165) is 36.8 Å².